The highest BCUT2D eigenvalue weighted by atomic mass is 14.7. The number of aromatic nitrogens is 1. The third-order valence-electron chi connectivity index (χ3n) is 12.0. The molecule has 12 rings (SSSR count). The van der Waals surface area contributed by atoms with Gasteiger partial charge in [0.25, 0.3) is 0 Å². The number of nitrogens with zero attached hydrogens (tertiary/aromatic N) is 1. The van der Waals surface area contributed by atoms with Crippen LogP contribution in [0, 0.1) is 0 Å². The van der Waals surface area contributed by atoms with Gasteiger partial charge < -0.3 is 0 Å². The molecule has 1 atom stereocenters. The fraction of sp³-hybridized carbons (Fsp3) is 0.0192. The quantitative estimate of drug-likeness (QED) is 0.132. The summed E-state index contributed by atoms with van der Waals surface area (Å²) in [5.41, 5.74) is 17.1. The van der Waals surface area contributed by atoms with Crippen molar-refractivity contribution in [2.24, 2.45) is 0 Å². The monoisotopic (exact) mass is 669 g/mol. The Labute approximate surface area is 307 Å². The summed E-state index contributed by atoms with van der Waals surface area (Å²) in [6, 6.07) is 69.8. The van der Waals surface area contributed by atoms with E-state index in [1.165, 1.54) is 99.1 Å². The standard InChI is InChI=1S/C52H31N/c1-2-17-37-32(12-1)26-29-43-49(42-20-5-8-25-48(42)53-51(37)43)36-16-9-15-34(30-36)35-27-28-40-38-18-3-6-22-44(38)52(47(40)31-35)45-23-7-4-19-39(45)41-21-10-13-33-14-11-24-46(52)50(33)41/h1-31H. The highest BCUT2D eigenvalue weighted by molar-refractivity contribution is 6.17. The van der Waals surface area contributed by atoms with Crippen LogP contribution in [0.3, 0.4) is 0 Å². The van der Waals surface area contributed by atoms with Crippen LogP contribution < -0.4 is 0 Å². The van der Waals surface area contributed by atoms with Crippen molar-refractivity contribution >= 4 is 43.4 Å². The molecule has 1 heterocycles. The molecule has 0 radical (unpaired) electrons. The highest BCUT2D eigenvalue weighted by Crippen LogP contribution is 2.62. The Morgan fingerprint density at radius 2 is 0.943 bits per heavy atom. The maximum Gasteiger partial charge on any atom is 0.0794 e. The Balaban J connectivity index is 1.13. The molecule has 0 amide bonds. The maximum absolute atomic E-state index is 5.23. The molecule has 10 aromatic rings. The summed E-state index contributed by atoms with van der Waals surface area (Å²) in [6.45, 7) is 0. The SMILES string of the molecule is c1cc(-c2ccc3c(c2)C2(c4ccccc4-3)c3ccccc3-c3cccc4cccc2c34)cc(-c2c3ccccc3nc3c2ccc2ccccc23)c1. The van der Waals surface area contributed by atoms with E-state index in [4.69, 9.17) is 4.98 Å². The topological polar surface area (TPSA) is 12.9 Å². The van der Waals surface area contributed by atoms with Crippen molar-refractivity contribution in [3.63, 3.8) is 0 Å². The molecule has 0 saturated carbocycles. The third kappa shape index (κ3) is 3.78. The van der Waals surface area contributed by atoms with E-state index in [0.29, 0.717) is 0 Å². The number of hydrogen-bond acceptors (Lipinski definition) is 1. The lowest BCUT2D eigenvalue weighted by Gasteiger charge is -2.40. The van der Waals surface area contributed by atoms with Gasteiger partial charge in [-0.05, 0) is 95.6 Å². The number of para-hydroxylation sites is 1. The summed E-state index contributed by atoms with van der Waals surface area (Å²) < 4.78 is 0. The molecular weight excluding hydrogens is 639 g/mol. The summed E-state index contributed by atoms with van der Waals surface area (Å²) in [4.78, 5) is 5.23. The van der Waals surface area contributed by atoms with E-state index in [2.05, 4.69) is 188 Å². The van der Waals surface area contributed by atoms with Gasteiger partial charge in [0.2, 0.25) is 0 Å². The van der Waals surface area contributed by atoms with E-state index in [0.717, 1.165) is 11.0 Å². The largest absolute Gasteiger partial charge is 0.247 e. The Morgan fingerprint density at radius 3 is 1.81 bits per heavy atom. The van der Waals surface area contributed by atoms with Crippen molar-refractivity contribution in [1.29, 1.82) is 0 Å². The van der Waals surface area contributed by atoms with Gasteiger partial charge in [0, 0.05) is 21.7 Å². The first-order valence-corrected chi connectivity index (χ1v) is 18.5. The molecule has 0 fully saturated rings. The third-order valence-corrected chi connectivity index (χ3v) is 12.0. The molecular formula is C52H31N. The minimum atomic E-state index is -0.442. The molecule has 2 aliphatic carbocycles. The molecule has 2 aliphatic rings. The van der Waals surface area contributed by atoms with Gasteiger partial charge in [-0.2, -0.15) is 0 Å². The minimum Gasteiger partial charge on any atom is -0.247 e. The zero-order valence-electron chi connectivity index (χ0n) is 28.8. The van der Waals surface area contributed by atoms with Crippen molar-refractivity contribution in [3.05, 3.63) is 210 Å². The lowest BCUT2D eigenvalue weighted by Crippen LogP contribution is -2.31. The van der Waals surface area contributed by atoms with Crippen LogP contribution in [0.5, 0.6) is 0 Å². The van der Waals surface area contributed by atoms with Crippen LogP contribution in [-0.2, 0) is 5.41 Å². The molecule has 9 aromatic carbocycles. The van der Waals surface area contributed by atoms with Crippen LogP contribution in [0.4, 0.5) is 0 Å². The van der Waals surface area contributed by atoms with E-state index in [9.17, 15) is 0 Å². The van der Waals surface area contributed by atoms with Crippen LogP contribution in [0.15, 0.2) is 188 Å². The number of rotatable bonds is 2. The molecule has 1 spiro atoms. The summed E-state index contributed by atoms with van der Waals surface area (Å²) in [5.74, 6) is 0. The second-order valence-corrected chi connectivity index (χ2v) is 14.6. The average Bonchev–Trinajstić information content (AvgIpc) is 3.52. The first-order valence-electron chi connectivity index (χ1n) is 18.5. The predicted molar refractivity (Wildman–Crippen MR) is 221 cm³/mol. The lowest BCUT2D eigenvalue weighted by molar-refractivity contribution is 0.774. The fourth-order valence-electron chi connectivity index (χ4n) is 9.90. The van der Waals surface area contributed by atoms with Crippen molar-refractivity contribution < 1.29 is 0 Å². The first-order chi connectivity index (χ1) is 26.3. The summed E-state index contributed by atoms with van der Waals surface area (Å²) in [5, 5.41) is 7.37. The minimum absolute atomic E-state index is 0.442. The molecule has 1 aromatic heterocycles. The van der Waals surface area contributed by atoms with Crippen LogP contribution >= 0.6 is 0 Å². The lowest BCUT2D eigenvalue weighted by atomic mass is 9.61. The normalized spacial score (nSPS) is 15.2. The van der Waals surface area contributed by atoms with Gasteiger partial charge in [-0.3, -0.25) is 0 Å². The highest BCUT2D eigenvalue weighted by Gasteiger charge is 2.50. The molecule has 1 heteroatoms. The molecule has 0 N–H and O–H groups in total. The second-order valence-electron chi connectivity index (χ2n) is 14.6. The zero-order chi connectivity index (χ0) is 34.7. The Bertz CT molecular complexity index is 3180. The number of pyridine rings is 1. The molecule has 53 heavy (non-hydrogen) atoms. The maximum atomic E-state index is 5.23. The molecule has 244 valence electrons. The van der Waals surface area contributed by atoms with Crippen LogP contribution in [-0.4, -0.2) is 4.98 Å². The Kier molecular flexibility index (Phi) is 5.77. The number of fused-ring (bicyclic) bond motifs is 13. The van der Waals surface area contributed by atoms with Crippen molar-refractivity contribution in [3.8, 4) is 44.5 Å². The molecule has 0 aliphatic heterocycles. The van der Waals surface area contributed by atoms with Gasteiger partial charge in [0.1, 0.15) is 0 Å². The van der Waals surface area contributed by atoms with Gasteiger partial charge in [0.05, 0.1) is 16.4 Å². The summed E-state index contributed by atoms with van der Waals surface area (Å²) in [6.07, 6.45) is 0. The molecule has 1 unspecified atom stereocenters. The van der Waals surface area contributed by atoms with Crippen molar-refractivity contribution in [1.82, 2.24) is 4.98 Å². The van der Waals surface area contributed by atoms with Crippen molar-refractivity contribution in [2.45, 2.75) is 5.41 Å². The fourth-order valence-corrected chi connectivity index (χ4v) is 9.90. The smallest absolute Gasteiger partial charge is 0.0794 e. The van der Waals surface area contributed by atoms with Crippen LogP contribution in [0.2, 0.25) is 0 Å². The number of hydrogen-bond donors (Lipinski definition) is 0. The Morgan fingerprint density at radius 1 is 0.340 bits per heavy atom. The van der Waals surface area contributed by atoms with Gasteiger partial charge in [-0.1, -0.05) is 170 Å². The van der Waals surface area contributed by atoms with Gasteiger partial charge in [0.15, 0.2) is 0 Å². The average molecular weight is 670 g/mol. The van der Waals surface area contributed by atoms with Crippen LogP contribution in [0.25, 0.3) is 87.9 Å². The molecule has 1 nitrogen and oxygen atoms in total. The second kappa shape index (κ2) is 10.6. The Hall–Kier alpha value is -6.83. The van der Waals surface area contributed by atoms with E-state index in [1.807, 2.05) is 0 Å². The van der Waals surface area contributed by atoms with E-state index in [1.54, 1.807) is 0 Å². The number of benzene rings is 9. The zero-order valence-corrected chi connectivity index (χ0v) is 28.8. The van der Waals surface area contributed by atoms with E-state index < -0.39 is 5.41 Å². The van der Waals surface area contributed by atoms with Gasteiger partial charge >= 0.3 is 0 Å². The van der Waals surface area contributed by atoms with Crippen LogP contribution in [0.1, 0.15) is 22.3 Å². The summed E-state index contributed by atoms with van der Waals surface area (Å²) in [7, 11) is 0. The first kappa shape index (κ1) is 28.8. The van der Waals surface area contributed by atoms with Gasteiger partial charge in [-0.25, -0.2) is 4.98 Å². The molecule has 0 saturated heterocycles. The van der Waals surface area contributed by atoms with Crippen molar-refractivity contribution in [2.75, 3.05) is 0 Å². The van der Waals surface area contributed by atoms with Gasteiger partial charge in [-0.15, -0.1) is 0 Å². The summed E-state index contributed by atoms with van der Waals surface area (Å²) >= 11 is 0. The van der Waals surface area contributed by atoms with E-state index >= 15 is 0 Å². The van der Waals surface area contributed by atoms with E-state index in [-0.39, 0.29) is 0 Å². The molecule has 0 bridgehead atoms. The predicted octanol–water partition coefficient (Wildman–Crippen LogP) is 13.4.